The molecule has 0 atom stereocenters. The first-order valence-corrected chi connectivity index (χ1v) is 7.77. The number of pyridine rings is 1. The predicted octanol–water partition coefficient (Wildman–Crippen LogP) is 4.00. The number of hydrogen-bond donors (Lipinski definition) is 0. The fourth-order valence-corrected chi connectivity index (χ4v) is 2.80. The lowest BCUT2D eigenvalue weighted by atomic mass is 10.3. The normalized spacial score (nSPS) is 10.9. The van der Waals surface area contributed by atoms with Gasteiger partial charge in [-0.25, -0.2) is 4.98 Å². The van der Waals surface area contributed by atoms with Crippen molar-refractivity contribution in [3.63, 3.8) is 0 Å². The largest absolute Gasteiger partial charge is 0.486 e. The molecule has 0 saturated heterocycles. The molecule has 22 heavy (non-hydrogen) atoms. The van der Waals surface area contributed by atoms with E-state index < -0.39 is 0 Å². The number of rotatable bonds is 3. The molecule has 0 aliphatic rings. The van der Waals surface area contributed by atoms with Gasteiger partial charge in [-0.05, 0) is 36.8 Å². The fourth-order valence-electron chi connectivity index (χ4n) is 2.08. The zero-order chi connectivity index (χ0) is 15.7. The molecule has 2 aromatic heterocycles. The number of benzene rings is 1. The van der Waals surface area contributed by atoms with E-state index in [4.69, 9.17) is 16.3 Å². The molecule has 4 nitrogen and oxygen atoms in total. The monoisotopic (exact) mass is 378 g/mol. The molecule has 0 fully saturated rings. The molecule has 1 aromatic carbocycles. The highest BCUT2D eigenvalue weighted by atomic mass is 79.9. The van der Waals surface area contributed by atoms with Crippen molar-refractivity contribution < 1.29 is 4.74 Å². The van der Waals surface area contributed by atoms with Crippen LogP contribution in [0.3, 0.4) is 0 Å². The Morgan fingerprint density at radius 2 is 2.09 bits per heavy atom. The Morgan fingerprint density at radius 3 is 2.86 bits per heavy atom. The van der Waals surface area contributed by atoms with Gasteiger partial charge in [-0.2, -0.15) is 0 Å². The minimum atomic E-state index is -0.130. The highest BCUT2D eigenvalue weighted by molar-refractivity contribution is 9.10. The van der Waals surface area contributed by atoms with Gasteiger partial charge in [-0.1, -0.05) is 33.6 Å². The Bertz CT molecular complexity index is 908. The quantitative estimate of drug-likeness (QED) is 0.691. The Labute approximate surface area is 140 Å². The van der Waals surface area contributed by atoms with Crippen molar-refractivity contribution in [1.29, 1.82) is 0 Å². The van der Waals surface area contributed by atoms with Crippen molar-refractivity contribution in [2.45, 2.75) is 13.5 Å². The average molecular weight is 380 g/mol. The maximum atomic E-state index is 12.1. The van der Waals surface area contributed by atoms with E-state index in [9.17, 15) is 4.79 Å². The average Bonchev–Trinajstić information content (AvgIpc) is 2.47. The van der Waals surface area contributed by atoms with Crippen LogP contribution in [0.2, 0.25) is 5.02 Å². The third kappa shape index (κ3) is 3.15. The Hall–Kier alpha value is -1.85. The van der Waals surface area contributed by atoms with Crippen LogP contribution in [0, 0.1) is 6.92 Å². The summed E-state index contributed by atoms with van der Waals surface area (Å²) >= 11 is 9.44. The summed E-state index contributed by atoms with van der Waals surface area (Å²) in [6.07, 6.45) is 1.76. The molecule has 6 heteroatoms. The van der Waals surface area contributed by atoms with Gasteiger partial charge >= 0.3 is 0 Å². The van der Waals surface area contributed by atoms with Crippen molar-refractivity contribution in [2.24, 2.45) is 0 Å². The van der Waals surface area contributed by atoms with Crippen LogP contribution in [0.15, 0.2) is 51.9 Å². The van der Waals surface area contributed by atoms with Crippen LogP contribution in [-0.2, 0) is 6.61 Å². The zero-order valence-electron chi connectivity index (χ0n) is 11.7. The van der Waals surface area contributed by atoms with Crippen molar-refractivity contribution in [3.05, 3.63) is 73.7 Å². The second kappa shape index (κ2) is 6.10. The lowest BCUT2D eigenvalue weighted by Gasteiger charge is -2.09. The summed E-state index contributed by atoms with van der Waals surface area (Å²) in [6, 6.07) is 10.6. The van der Waals surface area contributed by atoms with Crippen LogP contribution in [0.5, 0.6) is 5.75 Å². The lowest BCUT2D eigenvalue weighted by Crippen LogP contribution is -2.16. The number of nitrogens with zero attached hydrogens (tertiary/aromatic N) is 2. The molecular formula is C16H12BrClN2O2. The summed E-state index contributed by atoms with van der Waals surface area (Å²) in [5.74, 6) is 0.552. The number of hydrogen-bond acceptors (Lipinski definition) is 3. The molecule has 0 N–H and O–H groups in total. The predicted molar refractivity (Wildman–Crippen MR) is 89.7 cm³/mol. The maximum Gasteiger partial charge on any atom is 0.258 e. The van der Waals surface area contributed by atoms with Gasteiger partial charge in [-0.3, -0.25) is 9.20 Å². The molecule has 0 saturated carbocycles. The van der Waals surface area contributed by atoms with Gasteiger partial charge in [0.15, 0.2) is 0 Å². The third-order valence-corrected chi connectivity index (χ3v) is 3.92. The molecule has 3 aromatic rings. The second-order valence-corrected chi connectivity index (χ2v) is 6.21. The third-order valence-electron chi connectivity index (χ3n) is 3.13. The number of halogens is 2. The van der Waals surface area contributed by atoms with Gasteiger partial charge in [0.2, 0.25) is 0 Å². The Balaban J connectivity index is 1.88. The van der Waals surface area contributed by atoms with E-state index in [0.29, 0.717) is 22.1 Å². The highest BCUT2D eigenvalue weighted by Gasteiger charge is 2.06. The topological polar surface area (TPSA) is 43.6 Å². The summed E-state index contributed by atoms with van der Waals surface area (Å²) in [5, 5.41) is 0.502. The lowest BCUT2D eigenvalue weighted by molar-refractivity contribution is 0.301. The van der Waals surface area contributed by atoms with Crippen molar-refractivity contribution in [1.82, 2.24) is 9.38 Å². The minimum absolute atomic E-state index is 0.130. The molecule has 0 amide bonds. The van der Waals surface area contributed by atoms with Crippen LogP contribution >= 0.6 is 27.5 Å². The van der Waals surface area contributed by atoms with E-state index in [2.05, 4.69) is 20.9 Å². The molecule has 0 unspecified atom stereocenters. The summed E-state index contributed by atoms with van der Waals surface area (Å²) in [5.41, 5.74) is 2.03. The molecule has 0 bridgehead atoms. The molecular weight excluding hydrogens is 368 g/mol. The van der Waals surface area contributed by atoms with Gasteiger partial charge in [0.1, 0.15) is 18.0 Å². The van der Waals surface area contributed by atoms with Crippen LogP contribution in [0.25, 0.3) is 5.65 Å². The summed E-state index contributed by atoms with van der Waals surface area (Å²) in [7, 11) is 0. The standard InChI is InChI=1S/C16H12BrClN2O2/c1-10-2-5-15-19-12(7-16(21)20(15)8-10)9-22-14-4-3-11(17)6-13(14)18/h2-8H,9H2,1H3. The first kappa shape index (κ1) is 15.1. The summed E-state index contributed by atoms with van der Waals surface area (Å²) in [4.78, 5) is 16.5. The first-order valence-electron chi connectivity index (χ1n) is 6.60. The van der Waals surface area contributed by atoms with E-state index in [1.165, 1.54) is 10.5 Å². The molecule has 0 aliphatic carbocycles. The summed E-state index contributed by atoms with van der Waals surface area (Å²) in [6.45, 7) is 2.11. The van der Waals surface area contributed by atoms with Crippen molar-refractivity contribution in [2.75, 3.05) is 0 Å². The van der Waals surface area contributed by atoms with Gasteiger partial charge in [0.05, 0.1) is 10.7 Å². The van der Waals surface area contributed by atoms with Gasteiger partial charge in [0, 0.05) is 16.7 Å². The van der Waals surface area contributed by atoms with Crippen LogP contribution in [0.1, 0.15) is 11.3 Å². The number of aryl methyl sites for hydroxylation is 1. The van der Waals surface area contributed by atoms with Gasteiger partial charge < -0.3 is 4.74 Å². The van der Waals surface area contributed by atoms with Crippen LogP contribution in [0.4, 0.5) is 0 Å². The molecule has 2 heterocycles. The van der Waals surface area contributed by atoms with Gasteiger partial charge in [-0.15, -0.1) is 0 Å². The second-order valence-electron chi connectivity index (χ2n) is 4.88. The molecule has 0 radical (unpaired) electrons. The number of ether oxygens (including phenoxy) is 1. The molecule has 112 valence electrons. The van der Waals surface area contributed by atoms with E-state index in [0.717, 1.165) is 10.0 Å². The fraction of sp³-hybridized carbons (Fsp3) is 0.125. The highest BCUT2D eigenvalue weighted by Crippen LogP contribution is 2.28. The van der Waals surface area contributed by atoms with Crippen molar-refractivity contribution in [3.8, 4) is 5.75 Å². The SMILES string of the molecule is Cc1ccc2nc(COc3ccc(Br)cc3Cl)cc(=O)n2c1. The number of aromatic nitrogens is 2. The van der Waals surface area contributed by atoms with E-state index >= 15 is 0 Å². The van der Waals surface area contributed by atoms with Crippen LogP contribution < -0.4 is 10.3 Å². The number of fused-ring (bicyclic) bond motifs is 1. The van der Waals surface area contributed by atoms with Crippen LogP contribution in [-0.4, -0.2) is 9.38 Å². The van der Waals surface area contributed by atoms with E-state index in [1.807, 2.05) is 25.1 Å². The molecule has 0 aliphatic heterocycles. The Morgan fingerprint density at radius 1 is 1.27 bits per heavy atom. The van der Waals surface area contributed by atoms with E-state index in [1.54, 1.807) is 18.3 Å². The molecule has 3 rings (SSSR count). The smallest absolute Gasteiger partial charge is 0.258 e. The maximum absolute atomic E-state index is 12.1. The molecule has 0 spiro atoms. The zero-order valence-corrected chi connectivity index (χ0v) is 14.1. The first-order chi connectivity index (χ1) is 10.5. The summed E-state index contributed by atoms with van der Waals surface area (Å²) < 4.78 is 8.04. The Kier molecular flexibility index (Phi) is 4.18. The van der Waals surface area contributed by atoms with E-state index in [-0.39, 0.29) is 12.2 Å². The van der Waals surface area contributed by atoms with Crippen molar-refractivity contribution >= 4 is 33.2 Å². The minimum Gasteiger partial charge on any atom is -0.486 e. The van der Waals surface area contributed by atoms with Gasteiger partial charge in [0.25, 0.3) is 5.56 Å².